The Morgan fingerprint density at radius 3 is 1.57 bits per heavy atom. The zero-order chi connectivity index (χ0) is 43.3. The molecule has 25 heteroatoms. The summed E-state index contributed by atoms with van der Waals surface area (Å²) in [6.07, 6.45) is -3.41. The van der Waals surface area contributed by atoms with Crippen LogP contribution in [-0.4, -0.2) is 147 Å². The van der Waals surface area contributed by atoms with E-state index in [0.29, 0.717) is 0 Å². The van der Waals surface area contributed by atoms with E-state index < -0.39 is 133 Å². The molecule has 0 saturated carbocycles. The van der Waals surface area contributed by atoms with Crippen LogP contribution >= 0.6 is 0 Å². The summed E-state index contributed by atoms with van der Waals surface area (Å²) in [6, 6.07) is -9.80. The lowest BCUT2D eigenvalue weighted by atomic mass is 10.1. The molecule has 316 valence electrons. The molecule has 0 bridgehead atoms. The maximum Gasteiger partial charge on any atom is 0.326 e. The number of nitrogens with one attached hydrogen (secondary N) is 7. The van der Waals surface area contributed by atoms with E-state index in [2.05, 4.69) is 36.9 Å². The number of guanidine groups is 1. The normalized spacial score (nSPS) is 15.0. The first-order valence-electron chi connectivity index (χ1n) is 17.2. The molecular formula is C31H53N11O14. The number of nitrogens with two attached hydrogens (primary N) is 3. The van der Waals surface area contributed by atoms with Crippen molar-refractivity contribution in [3.63, 3.8) is 0 Å². The summed E-state index contributed by atoms with van der Waals surface area (Å²) in [6.45, 7) is 4.19. The number of hydrogen-bond acceptors (Lipinski definition) is 13. The van der Waals surface area contributed by atoms with Crippen LogP contribution in [-0.2, 0) is 47.9 Å². The van der Waals surface area contributed by atoms with Gasteiger partial charge in [-0.05, 0) is 53.4 Å². The number of aliphatic imine (C=N–C) groups is 1. The van der Waals surface area contributed by atoms with Gasteiger partial charge < -0.3 is 74.8 Å². The standard InChI is InChI=1S/C31H53N11O14/c1-13(32)24(49)39-18(7-9-21(45)46)28(53)38-15(3)25(50)40-17(6-5-11-35-31(33)34)27(52)36-12-20(44)37-14(2)26(51)42-23(16(4)43)29(54)41-19(30(55)56)8-10-22(47)48/h13-19,23,43H,5-12,32H2,1-4H3,(H,36,52)(H,37,44)(H,38,53)(H,39,49)(H,40,50)(H,41,54)(H,42,51)(H,45,46)(H,47,48)(H,55,56)(H4,33,34,35). The Morgan fingerprint density at radius 1 is 0.589 bits per heavy atom. The predicted molar refractivity (Wildman–Crippen MR) is 193 cm³/mol. The molecule has 0 aliphatic rings. The first kappa shape index (κ1) is 49.9. The van der Waals surface area contributed by atoms with Gasteiger partial charge in [-0.1, -0.05) is 0 Å². The highest BCUT2D eigenvalue weighted by molar-refractivity contribution is 5.96. The fourth-order valence-corrected chi connectivity index (χ4v) is 4.41. The third-order valence-electron chi connectivity index (χ3n) is 7.54. The van der Waals surface area contributed by atoms with Crippen LogP contribution < -0.4 is 54.4 Å². The molecule has 0 aliphatic carbocycles. The van der Waals surface area contributed by atoms with Crippen molar-refractivity contribution in [3.05, 3.63) is 0 Å². The summed E-state index contributed by atoms with van der Waals surface area (Å²) in [5, 5.41) is 53.0. The average Bonchev–Trinajstić information content (AvgIpc) is 3.09. The number of carbonyl (C=O) groups is 10. The number of carboxylic acid groups (broad SMARTS) is 3. The Hall–Kier alpha value is -6.11. The molecule has 0 rings (SSSR count). The largest absolute Gasteiger partial charge is 0.481 e. The van der Waals surface area contributed by atoms with E-state index >= 15 is 0 Å². The Bertz CT molecular complexity index is 1470. The van der Waals surface area contributed by atoms with Gasteiger partial charge in [0.15, 0.2) is 5.96 Å². The van der Waals surface area contributed by atoms with Crippen molar-refractivity contribution in [3.8, 4) is 0 Å². The van der Waals surface area contributed by atoms with Crippen molar-refractivity contribution in [2.75, 3.05) is 13.1 Å². The number of carboxylic acids is 3. The molecule has 0 aromatic carbocycles. The average molecular weight is 804 g/mol. The highest BCUT2D eigenvalue weighted by Gasteiger charge is 2.32. The topological polar surface area (TPSA) is 426 Å². The van der Waals surface area contributed by atoms with E-state index in [0.717, 1.165) is 6.92 Å². The summed E-state index contributed by atoms with van der Waals surface area (Å²) < 4.78 is 0. The molecule has 0 aliphatic heterocycles. The minimum absolute atomic E-state index is 0.0384. The van der Waals surface area contributed by atoms with Gasteiger partial charge >= 0.3 is 17.9 Å². The Morgan fingerprint density at radius 2 is 1.07 bits per heavy atom. The number of aliphatic hydroxyl groups is 1. The summed E-state index contributed by atoms with van der Waals surface area (Å²) in [5.41, 5.74) is 16.2. The molecule has 0 spiro atoms. The molecule has 56 heavy (non-hydrogen) atoms. The SMILES string of the molecule is CC(N)C(=O)NC(CCC(=O)O)C(=O)NC(C)C(=O)NC(CCCN=C(N)N)C(=O)NCC(=O)NC(C)C(=O)NC(C(=O)NC(CCC(=O)O)C(=O)O)C(C)O. The lowest BCUT2D eigenvalue weighted by molar-refractivity contribution is -0.144. The molecule has 8 unspecified atom stereocenters. The fourth-order valence-electron chi connectivity index (χ4n) is 4.41. The van der Waals surface area contributed by atoms with Gasteiger partial charge in [-0.3, -0.25) is 48.1 Å². The van der Waals surface area contributed by atoms with Crippen molar-refractivity contribution in [2.45, 2.75) is 115 Å². The number of aliphatic carboxylic acids is 3. The number of aliphatic hydroxyl groups excluding tert-OH is 1. The lowest BCUT2D eigenvalue weighted by Gasteiger charge is -2.25. The van der Waals surface area contributed by atoms with Gasteiger partial charge in [0.05, 0.1) is 18.7 Å². The lowest BCUT2D eigenvalue weighted by Crippen LogP contribution is -2.59. The fraction of sp³-hybridized carbons (Fsp3) is 0.645. The van der Waals surface area contributed by atoms with E-state index in [1.165, 1.54) is 20.8 Å². The second-order valence-electron chi connectivity index (χ2n) is 12.6. The van der Waals surface area contributed by atoms with Crippen LogP contribution in [0.1, 0.15) is 66.2 Å². The van der Waals surface area contributed by atoms with Crippen LogP contribution in [0.2, 0.25) is 0 Å². The number of nitrogens with zero attached hydrogens (tertiary/aromatic N) is 1. The molecule has 0 fully saturated rings. The van der Waals surface area contributed by atoms with Crippen LogP contribution in [0.15, 0.2) is 4.99 Å². The predicted octanol–water partition coefficient (Wildman–Crippen LogP) is -6.35. The van der Waals surface area contributed by atoms with Crippen LogP contribution in [0.4, 0.5) is 0 Å². The van der Waals surface area contributed by atoms with Crippen molar-refractivity contribution in [1.29, 1.82) is 0 Å². The summed E-state index contributed by atoms with van der Waals surface area (Å²) in [4.78, 5) is 126. The van der Waals surface area contributed by atoms with Crippen LogP contribution in [0.3, 0.4) is 0 Å². The second-order valence-corrected chi connectivity index (χ2v) is 12.6. The van der Waals surface area contributed by atoms with E-state index in [1.54, 1.807) is 0 Å². The maximum atomic E-state index is 13.1. The minimum atomic E-state index is -1.72. The highest BCUT2D eigenvalue weighted by Crippen LogP contribution is 2.04. The first-order chi connectivity index (χ1) is 26.0. The summed E-state index contributed by atoms with van der Waals surface area (Å²) in [5.74, 6) is -10.9. The van der Waals surface area contributed by atoms with Gasteiger partial charge in [0.25, 0.3) is 0 Å². The minimum Gasteiger partial charge on any atom is -0.481 e. The molecule has 0 aromatic rings. The summed E-state index contributed by atoms with van der Waals surface area (Å²) in [7, 11) is 0. The second kappa shape index (κ2) is 25.1. The van der Waals surface area contributed by atoms with Crippen molar-refractivity contribution in [2.24, 2.45) is 22.2 Å². The van der Waals surface area contributed by atoms with Gasteiger partial charge in [0.2, 0.25) is 41.4 Å². The van der Waals surface area contributed by atoms with Gasteiger partial charge in [0.1, 0.15) is 36.3 Å². The van der Waals surface area contributed by atoms with Crippen LogP contribution in [0.5, 0.6) is 0 Å². The molecule has 17 N–H and O–H groups in total. The molecule has 8 atom stereocenters. The Balaban J connectivity index is 5.58. The highest BCUT2D eigenvalue weighted by atomic mass is 16.4. The molecule has 7 amide bonds. The third-order valence-corrected chi connectivity index (χ3v) is 7.54. The van der Waals surface area contributed by atoms with E-state index in [4.69, 9.17) is 27.4 Å². The van der Waals surface area contributed by atoms with Gasteiger partial charge in [-0.2, -0.15) is 0 Å². The number of hydrogen-bond donors (Lipinski definition) is 14. The third kappa shape index (κ3) is 20.4. The first-order valence-corrected chi connectivity index (χ1v) is 17.2. The molecule has 0 saturated heterocycles. The van der Waals surface area contributed by atoms with Gasteiger partial charge in [0, 0.05) is 19.4 Å². The van der Waals surface area contributed by atoms with Gasteiger partial charge in [-0.15, -0.1) is 0 Å². The van der Waals surface area contributed by atoms with Gasteiger partial charge in [-0.25, -0.2) is 4.79 Å². The van der Waals surface area contributed by atoms with E-state index in [-0.39, 0.29) is 31.8 Å². The molecular weight excluding hydrogens is 750 g/mol. The number of rotatable bonds is 26. The zero-order valence-electron chi connectivity index (χ0n) is 31.3. The summed E-state index contributed by atoms with van der Waals surface area (Å²) >= 11 is 0. The Kier molecular flexibility index (Phi) is 22.3. The van der Waals surface area contributed by atoms with E-state index in [1.807, 2.05) is 5.32 Å². The number of amides is 7. The van der Waals surface area contributed by atoms with Crippen molar-refractivity contribution < 1.29 is 68.4 Å². The molecule has 0 heterocycles. The maximum absolute atomic E-state index is 13.1. The monoisotopic (exact) mass is 803 g/mol. The quantitative estimate of drug-likeness (QED) is 0.0220. The van der Waals surface area contributed by atoms with Crippen molar-refractivity contribution in [1.82, 2.24) is 37.2 Å². The number of carbonyl (C=O) groups excluding carboxylic acids is 7. The van der Waals surface area contributed by atoms with Crippen LogP contribution in [0.25, 0.3) is 0 Å². The molecule has 25 nitrogen and oxygen atoms in total. The molecule has 0 radical (unpaired) electrons. The smallest absolute Gasteiger partial charge is 0.326 e. The van der Waals surface area contributed by atoms with E-state index in [9.17, 15) is 58.2 Å². The van der Waals surface area contributed by atoms with Crippen molar-refractivity contribution >= 4 is 65.2 Å². The Labute approximate surface area is 320 Å². The zero-order valence-corrected chi connectivity index (χ0v) is 31.3. The van der Waals surface area contributed by atoms with Crippen LogP contribution in [0, 0.1) is 0 Å². The molecule has 0 aromatic heterocycles.